The van der Waals surface area contributed by atoms with Crippen molar-refractivity contribution in [1.82, 2.24) is 0 Å². The summed E-state index contributed by atoms with van der Waals surface area (Å²) in [6.45, 7) is 4.57. The first-order valence-corrected chi connectivity index (χ1v) is 5.58. The third-order valence-corrected chi connectivity index (χ3v) is 2.33. The molecule has 0 atom stereocenters. The zero-order valence-electron chi connectivity index (χ0n) is 10.1. The van der Waals surface area contributed by atoms with Gasteiger partial charge in [0.1, 0.15) is 0 Å². The highest BCUT2D eigenvalue weighted by atomic mass is 16.5. The quantitative estimate of drug-likeness (QED) is 0.523. The van der Waals surface area contributed by atoms with Gasteiger partial charge in [-0.05, 0) is 25.5 Å². The number of nitrogens with one attached hydrogen (secondary N) is 2. The fourth-order valence-electron chi connectivity index (χ4n) is 1.52. The first-order valence-electron chi connectivity index (χ1n) is 5.58. The summed E-state index contributed by atoms with van der Waals surface area (Å²) in [5.41, 5.74) is 4.50. The van der Waals surface area contributed by atoms with Crippen LogP contribution in [0.3, 0.4) is 0 Å². The molecular formula is C12H18N2O3. The topological polar surface area (TPSA) is 70.6 Å². The number of rotatable bonds is 6. The molecule has 1 aromatic rings. The molecule has 1 aromatic carbocycles. The van der Waals surface area contributed by atoms with Gasteiger partial charge in [-0.25, -0.2) is 0 Å². The largest absolute Gasteiger partial charge is 0.466 e. The van der Waals surface area contributed by atoms with E-state index in [0.29, 0.717) is 25.3 Å². The number of carbonyl (C=O) groups is 1. The van der Waals surface area contributed by atoms with E-state index in [9.17, 15) is 4.79 Å². The van der Waals surface area contributed by atoms with Crippen molar-refractivity contribution in [2.24, 2.45) is 0 Å². The second-order valence-electron chi connectivity index (χ2n) is 3.59. The minimum absolute atomic E-state index is 0.230. The molecule has 0 spiro atoms. The lowest BCUT2D eigenvalue weighted by atomic mass is 10.1. The molecule has 0 aliphatic heterocycles. The van der Waals surface area contributed by atoms with E-state index < -0.39 is 0 Å². The van der Waals surface area contributed by atoms with Crippen molar-refractivity contribution in [3.63, 3.8) is 0 Å². The van der Waals surface area contributed by atoms with E-state index >= 15 is 0 Å². The van der Waals surface area contributed by atoms with E-state index in [1.54, 1.807) is 13.0 Å². The Morgan fingerprint density at radius 3 is 2.88 bits per heavy atom. The summed E-state index contributed by atoms with van der Waals surface area (Å²) in [7, 11) is 0. The Bertz CT molecular complexity index is 380. The van der Waals surface area contributed by atoms with Crippen LogP contribution in [0.1, 0.15) is 18.9 Å². The molecule has 0 aliphatic carbocycles. The van der Waals surface area contributed by atoms with Crippen LogP contribution in [0.5, 0.6) is 0 Å². The molecule has 94 valence electrons. The number of anilines is 2. The van der Waals surface area contributed by atoms with Gasteiger partial charge in [0, 0.05) is 6.54 Å². The Labute approximate surface area is 101 Å². The van der Waals surface area contributed by atoms with Crippen LogP contribution in [0, 0.1) is 6.92 Å². The fraction of sp³-hybridized carbons (Fsp3) is 0.417. The predicted octanol–water partition coefficient (Wildman–Crippen LogP) is 2.16. The van der Waals surface area contributed by atoms with Crippen molar-refractivity contribution in [3.8, 4) is 0 Å². The van der Waals surface area contributed by atoms with E-state index in [-0.39, 0.29) is 5.97 Å². The summed E-state index contributed by atoms with van der Waals surface area (Å²) in [6, 6.07) is 5.51. The van der Waals surface area contributed by atoms with E-state index in [1.165, 1.54) is 0 Å². The van der Waals surface area contributed by atoms with Gasteiger partial charge in [0.15, 0.2) is 0 Å². The highest BCUT2D eigenvalue weighted by Gasteiger charge is 2.06. The van der Waals surface area contributed by atoms with E-state index in [0.717, 1.165) is 11.3 Å². The van der Waals surface area contributed by atoms with Crippen molar-refractivity contribution in [1.29, 1.82) is 0 Å². The second kappa shape index (κ2) is 6.75. The fourth-order valence-corrected chi connectivity index (χ4v) is 1.52. The molecule has 3 N–H and O–H groups in total. The third kappa shape index (κ3) is 3.96. The van der Waals surface area contributed by atoms with Crippen LogP contribution >= 0.6 is 0 Å². The van der Waals surface area contributed by atoms with E-state index in [2.05, 4.69) is 10.8 Å². The molecule has 0 aliphatic rings. The highest BCUT2D eigenvalue weighted by Crippen LogP contribution is 2.24. The first kappa shape index (κ1) is 13.3. The lowest BCUT2D eigenvalue weighted by Crippen LogP contribution is -2.12. The third-order valence-electron chi connectivity index (χ3n) is 2.33. The van der Waals surface area contributed by atoms with Gasteiger partial charge in [0.05, 0.1) is 24.4 Å². The molecule has 0 radical (unpaired) electrons. The molecule has 0 aromatic heterocycles. The van der Waals surface area contributed by atoms with Gasteiger partial charge in [0.25, 0.3) is 0 Å². The number of para-hydroxylation sites is 1. The molecule has 17 heavy (non-hydrogen) atoms. The molecule has 5 nitrogen and oxygen atoms in total. The first-order chi connectivity index (χ1) is 8.19. The maximum absolute atomic E-state index is 11.1. The number of benzene rings is 1. The molecule has 0 heterocycles. The predicted molar refractivity (Wildman–Crippen MR) is 66.3 cm³/mol. The van der Waals surface area contributed by atoms with Gasteiger partial charge in [-0.3, -0.25) is 15.5 Å². The molecule has 0 bridgehead atoms. The lowest BCUT2D eigenvalue weighted by molar-refractivity contribution is -0.142. The molecule has 0 unspecified atom stereocenters. The summed E-state index contributed by atoms with van der Waals surface area (Å²) in [4.78, 5) is 11.1. The van der Waals surface area contributed by atoms with Gasteiger partial charge in [-0.2, -0.15) is 0 Å². The van der Waals surface area contributed by atoms with Crippen LogP contribution < -0.4 is 10.8 Å². The molecule has 0 amide bonds. The average molecular weight is 238 g/mol. The van der Waals surface area contributed by atoms with Crippen LogP contribution in [0.25, 0.3) is 0 Å². The number of esters is 1. The van der Waals surface area contributed by atoms with Crippen LogP contribution in [-0.4, -0.2) is 24.3 Å². The highest BCUT2D eigenvalue weighted by molar-refractivity contribution is 5.73. The van der Waals surface area contributed by atoms with Gasteiger partial charge in [-0.15, -0.1) is 0 Å². The monoisotopic (exact) mass is 238 g/mol. The maximum atomic E-state index is 11.1. The average Bonchev–Trinajstić information content (AvgIpc) is 2.31. The van der Waals surface area contributed by atoms with Crippen molar-refractivity contribution in [2.45, 2.75) is 20.3 Å². The Morgan fingerprint density at radius 1 is 1.47 bits per heavy atom. The minimum atomic E-state index is -0.230. The minimum Gasteiger partial charge on any atom is -0.466 e. The van der Waals surface area contributed by atoms with Crippen molar-refractivity contribution in [3.05, 3.63) is 23.8 Å². The number of ether oxygens (including phenoxy) is 1. The molecule has 0 fully saturated rings. The SMILES string of the molecule is CCOC(=O)CCNc1c(C)cccc1NO. The standard InChI is InChI=1S/C12H18N2O3/c1-3-17-11(15)7-8-13-12-9(2)5-4-6-10(12)14-16/h4-6,13-14,16H,3,7-8H2,1-2H3. The zero-order chi connectivity index (χ0) is 12.7. The number of hydrogen-bond donors (Lipinski definition) is 3. The summed E-state index contributed by atoms with van der Waals surface area (Å²) in [5.74, 6) is -0.230. The second-order valence-corrected chi connectivity index (χ2v) is 3.59. The molecule has 0 saturated carbocycles. The molecular weight excluding hydrogens is 220 g/mol. The molecule has 0 saturated heterocycles. The van der Waals surface area contributed by atoms with Crippen LogP contribution in [0.2, 0.25) is 0 Å². The zero-order valence-corrected chi connectivity index (χ0v) is 10.1. The van der Waals surface area contributed by atoms with Gasteiger partial charge in [-0.1, -0.05) is 12.1 Å². The van der Waals surface area contributed by atoms with Crippen molar-refractivity contribution < 1.29 is 14.7 Å². The number of carbonyl (C=O) groups excluding carboxylic acids is 1. The van der Waals surface area contributed by atoms with Gasteiger partial charge < -0.3 is 10.1 Å². The summed E-state index contributed by atoms with van der Waals surface area (Å²) in [5, 5.41) is 12.1. The van der Waals surface area contributed by atoms with E-state index in [4.69, 9.17) is 9.94 Å². The smallest absolute Gasteiger partial charge is 0.307 e. The molecule has 5 heteroatoms. The maximum Gasteiger partial charge on any atom is 0.307 e. The van der Waals surface area contributed by atoms with Gasteiger partial charge >= 0.3 is 5.97 Å². The normalized spacial score (nSPS) is 9.82. The van der Waals surface area contributed by atoms with Crippen LogP contribution in [0.15, 0.2) is 18.2 Å². The van der Waals surface area contributed by atoms with Crippen LogP contribution in [0.4, 0.5) is 11.4 Å². The lowest BCUT2D eigenvalue weighted by Gasteiger charge is -2.13. The van der Waals surface area contributed by atoms with Crippen LogP contribution in [-0.2, 0) is 9.53 Å². The number of hydrogen-bond acceptors (Lipinski definition) is 5. The van der Waals surface area contributed by atoms with Gasteiger partial charge in [0.2, 0.25) is 0 Å². The van der Waals surface area contributed by atoms with Crippen molar-refractivity contribution >= 4 is 17.3 Å². The Morgan fingerprint density at radius 2 is 2.24 bits per heavy atom. The Hall–Kier alpha value is -1.75. The van der Waals surface area contributed by atoms with Crippen molar-refractivity contribution in [2.75, 3.05) is 23.9 Å². The summed E-state index contributed by atoms with van der Waals surface area (Å²) < 4.78 is 4.82. The van der Waals surface area contributed by atoms with E-state index in [1.807, 2.05) is 19.1 Å². The summed E-state index contributed by atoms with van der Waals surface area (Å²) in [6.07, 6.45) is 0.299. The number of aryl methyl sites for hydroxylation is 1. The Kier molecular flexibility index (Phi) is 5.29. The summed E-state index contributed by atoms with van der Waals surface area (Å²) >= 11 is 0. The Balaban J connectivity index is 2.54. The molecule has 1 rings (SSSR count).